The van der Waals surface area contributed by atoms with Gasteiger partial charge in [0.25, 0.3) is 0 Å². The van der Waals surface area contributed by atoms with Crippen LogP contribution in [0.2, 0.25) is 0 Å². The van der Waals surface area contributed by atoms with Crippen LogP contribution in [-0.2, 0) is 4.74 Å². The standard InChI is InChI=1S/C16H31N3O2/c1-2-8-17-16(20)19(15-6-13-21-14-7-15)12-5-11-18-9-3-4-10-18/h15H,2-14H2,1H3,(H,17,20). The number of nitrogens with one attached hydrogen (secondary N) is 1. The van der Waals surface area contributed by atoms with Crippen molar-refractivity contribution in [2.24, 2.45) is 0 Å². The molecule has 122 valence electrons. The molecule has 5 heteroatoms. The third-order valence-electron chi connectivity index (χ3n) is 4.49. The summed E-state index contributed by atoms with van der Waals surface area (Å²) in [4.78, 5) is 17.0. The minimum absolute atomic E-state index is 0.116. The first-order chi connectivity index (χ1) is 10.3. The molecular formula is C16H31N3O2. The van der Waals surface area contributed by atoms with Gasteiger partial charge in [0.1, 0.15) is 0 Å². The summed E-state index contributed by atoms with van der Waals surface area (Å²) in [6.45, 7) is 8.90. The van der Waals surface area contributed by atoms with Crippen LogP contribution in [0.4, 0.5) is 4.79 Å². The topological polar surface area (TPSA) is 44.8 Å². The molecule has 2 saturated heterocycles. The highest BCUT2D eigenvalue weighted by molar-refractivity contribution is 5.74. The van der Waals surface area contributed by atoms with E-state index in [1.807, 2.05) is 0 Å². The summed E-state index contributed by atoms with van der Waals surface area (Å²) in [6.07, 6.45) is 6.69. The predicted octanol–water partition coefficient (Wildman–Crippen LogP) is 2.07. The predicted molar refractivity (Wildman–Crippen MR) is 84.5 cm³/mol. The molecule has 2 heterocycles. The summed E-state index contributed by atoms with van der Waals surface area (Å²) in [5, 5.41) is 3.04. The molecule has 0 bridgehead atoms. The maximum Gasteiger partial charge on any atom is 0.317 e. The van der Waals surface area contributed by atoms with Crippen molar-refractivity contribution >= 4 is 6.03 Å². The number of urea groups is 1. The molecule has 5 nitrogen and oxygen atoms in total. The van der Waals surface area contributed by atoms with Gasteiger partial charge in [-0.25, -0.2) is 4.79 Å². The molecule has 0 aromatic heterocycles. The first-order valence-electron chi connectivity index (χ1n) is 8.66. The number of nitrogens with zero attached hydrogens (tertiary/aromatic N) is 2. The van der Waals surface area contributed by atoms with Gasteiger partial charge in [0.15, 0.2) is 0 Å². The van der Waals surface area contributed by atoms with Crippen molar-refractivity contribution < 1.29 is 9.53 Å². The molecule has 21 heavy (non-hydrogen) atoms. The zero-order valence-electron chi connectivity index (χ0n) is 13.5. The van der Waals surface area contributed by atoms with Gasteiger partial charge in [-0.15, -0.1) is 0 Å². The van der Waals surface area contributed by atoms with Crippen molar-refractivity contribution in [1.82, 2.24) is 15.1 Å². The lowest BCUT2D eigenvalue weighted by Crippen LogP contribution is -2.49. The second-order valence-electron chi connectivity index (χ2n) is 6.17. The molecule has 2 fully saturated rings. The minimum atomic E-state index is 0.116. The molecule has 0 aromatic carbocycles. The fourth-order valence-corrected chi connectivity index (χ4v) is 3.25. The van der Waals surface area contributed by atoms with Gasteiger partial charge < -0.3 is 19.9 Å². The van der Waals surface area contributed by atoms with Crippen molar-refractivity contribution in [3.05, 3.63) is 0 Å². The van der Waals surface area contributed by atoms with E-state index in [2.05, 4.69) is 22.0 Å². The fraction of sp³-hybridized carbons (Fsp3) is 0.938. The summed E-state index contributed by atoms with van der Waals surface area (Å²) in [6, 6.07) is 0.472. The number of hydrogen-bond donors (Lipinski definition) is 1. The summed E-state index contributed by atoms with van der Waals surface area (Å²) in [7, 11) is 0. The average molecular weight is 297 g/mol. The van der Waals surface area contributed by atoms with E-state index in [0.717, 1.165) is 58.5 Å². The molecule has 2 aliphatic heterocycles. The Hall–Kier alpha value is -0.810. The summed E-state index contributed by atoms with van der Waals surface area (Å²) >= 11 is 0. The molecule has 0 saturated carbocycles. The quantitative estimate of drug-likeness (QED) is 0.782. The van der Waals surface area contributed by atoms with Crippen molar-refractivity contribution in [2.45, 2.75) is 51.5 Å². The highest BCUT2D eigenvalue weighted by Gasteiger charge is 2.25. The van der Waals surface area contributed by atoms with Gasteiger partial charge in [0, 0.05) is 32.3 Å². The Labute approximate surface area is 129 Å². The first-order valence-corrected chi connectivity index (χ1v) is 8.66. The fourth-order valence-electron chi connectivity index (χ4n) is 3.25. The van der Waals surface area contributed by atoms with Crippen LogP contribution in [0, 0.1) is 0 Å². The lowest BCUT2D eigenvalue weighted by atomic mass is 10.1. The Balaban J connectivity index is 1.79. The van der Waals surface area contributed by atoms with Crippen LogP contribution in [-0.4, -0.2) is 67.8 Å². The van der Waals surface area contributed by atoms with E-state index in [0.29, 0.717) is 6.04 Å². The van der Waals surface area contributed by atoms with E-state index in [4.69, 9.17) is 4.74 Å². The minimum Gasteiger partial charge on any atom is -0.381 e. The Kier molecular flexibility index (Phi) is 7.30. The molecule has 2 amide bonds. The number of rotatable bonds is 7. The number of ether oxygens (including phenoxy) is 1. The van der Waals surface area contributed by atoms with Gasteiger partial charge in [-0.2, -0.15) is 0 Å². The van der Waals surface area contributed by atoms with Crippen molar-refractivity contribution in [3.8, 4) is 0 Å². The van der Waals surface area contributed by atoms with Crippen LogP contribution in [0.3, 0.4) is 0 Å². The normalized spacial score (nSPS) is 20.6. The third kappa shape index (κ3) is 5.47. The smallest absolute Gasteiger partial charge is 0.317 e. The maximum atomic E-state index is 12.4. The number of hydrogen-bond acceptors (Lipinski definition) is 3. The zero-order chi connectivity index (χ0) is 14.9. The molecule has 2 aliphatic rings. The van der Waals surface area contributed by atoms with E-state index in [1.165, 1.54) is 25.9 Å². The van der Waals surface area contributed by atoms with E-state index in [9.17, 15) is 4.79 Å². The Morgan fingerprint density at radius 1 is 1.29 bits per heavy atom. The molecule has 0 spiro atoms. The molecule has 1 N–H and O–H groups in total. The van der Waals surface area contributed by atoms with E-state index in [1.54, 1.807) is 0 Å². The highest BCUT2D eigenvalue weighted by Crippen LogP contribution is 2.16. The second kappa shape index (κ2) is 9.26. The largest absolute Gasteiger partial charge is 0.381 e. The summed E-state index contributed by atoms with van der Waals surface area (Å²) in [5.74, 6) is 0. The first kappa shape index (κ1) is 16.6. The number of carbonyl (C=O) groups is 1. The zero-order valence-corrected chi connectivity index (χ0v) is 13.5. The van der Waals surface area contributed by atoms with E-state index < -0.39 is 0 Å². The monoisotopic (exact) mass is 297 g/mol. The second-order valence-corrected chi connectivity index (χ2v) is 6.17. The van der Waals surface area contributed by atoms with Crippen LogP contribution in [0.5, 0.6) is 0 Å². The lowest BCUT2D eigenvalue weighted by molar-refractivity contribution is 0.0449. The van der Waals surface area contributed by atoms with Crippen molar-refractivity contribution in [2.75, 3.05) is 45.9 Å². The molecule has 0 atom stereocenters. The molecule has 0 aliphatic carbocycles. The lowest BCUT2D eigenvalue weighted by Gasteiger charge is -2.34. The van der Waals surface area contributed by atoms with Gasteiger partial charge in [0.05, 0.1) is 0 Å². The molecule has 2 rings (SSSR count). The van der Waals surface area contributed by atoms with Crippen LogP contribution < -0.4 is 5.32 Å². The van der Waals surface area contributed by atoms with Gasteiger partial charge in [0.2, 0.25) is 0 Å². The molecule has 0 radical (unpaired) electrons. The maximum absolute atomic E-state index is 12.4. The van der Waals surface area contributed by atoms with Crippen LogP contribution in [0.15, 0.2) is 0 Å². The summed E-state index contributed by atoms with van der Waals surface area (Å²) in [5.41, 5.74) is 0. The Morgan fingerprint density at radius 3 is 2.67 bits per heavy atom. The van der Waals surface area contributed by atoms with Crippen molar-refractivity contribution in [3.63, 3.8) is 0 Å². The highest BCUT2D eigenvalue weighted by atomic mass is 16.5. The third-order valence-corrected chi connectivity index (χ3v) is 4.49. The van der Waals surface area contributed by atoms with Gasteiger partial charge in [-0.3, -0.25) is 0 Å². The van der Waals surface area contributed by atoms with E-state index >= 15 is 0 Å². The van der Waals surface area contributed by atoms with Gasteiger partial charge >= 0.3 is 6.03 Å². The molecule has 0 aromatic rings. The average Bonchev–Trinajstić information content (AvgIpc) is 3.03. The van der Waals surface area contributed by atoms with Crippen LogP contribution in [0.25, 0.3) is 0 Å². The SMILES string of the molecule is CCCNC(=O)N(CCCN1CCCC1)C1CCOCC1. The van der Waals surface area contributed by atoms with E-state index in [-0.39, 0.29) is 6.03 Å². The summed E-state index contributed by atoms with van der Waals surface area (Å²) < 4.78 is 5.43. The number of carbonyl (C=O) groups excluding carboxylic acids is 1. The van der Waals surface area contributed by atoms with Gasteiger partial charge in [-0.1, -0.05) is 6.92 Å². The molecular weight excluding hydrogens is 266 g/mol. The number of amides is 2. The Morgan fingerprint density at radius 2 is 2.00 bits per heavy atom. The van der Waals surface area contributed by atoms with Crippen LogP contribution >= 0.6 is 0 Å². The van der Waals surface area contributed by atoms with Gasteiger partial charge in [-0.05, 0) is 58.2 Å². The Bertz CT molecular complexity index is 300. The molecule has 0 unspecified atom stereocenters. The number of likely N-dealkylation sites (tertiary alicyclic amines) is 1. The van der Waals surface area contributed by atoms with Crippen molar-refractivity contribution in [1.29, 1.82) is 0 Å². The van der Waals surface area contributed by atoms with Crippen LogP contribution in [0.1, 0.15) is 45.4 Å².